The fraction of sp³-hybridized carbons (Fsp3) is 0.458. The zero-order valence-corrected chi connectivity index (χ0v) is 16.6. The van der Waals surface area contributed by atoms with Crippen LogP contribution in [0.5, 0.6) is 0 Å². The Labute approximate surface area is 171 Å². The van der Waals surface area contributed by atoms with Crippen LogP contribution >= 0.6 is 0 Å². The summed E-state index contributed by atoms with van der Waals surface area (Å²) >= 11 is 0. The molecule has 2 atom stereocenters. The molecular weight excluding hydrogens is 365 g/mol. The van der Waals surface area contributed by atoms with E-state index in [0.717, 1.165) is 37.6 Å². The first kappa shape index (κ1) is 17.5. The van der Waals surface area contributed by atoms with Crippen LogP contribution in [0.25, 0.3) is 0 Å². The van der Waals surface area contributed by atoms with E-state index < -0.39 is 0 Å². The minimum atomic E-state index is -0.200. The van der Waals surface area contributed by atoms with Gasteiger partial charge >= 0.3 is 0 Å². The Morgan fingerprint density at radius 1 is 1.03 bits per heavy atom. The number of hydrogen-bond donors (Lipinski definition) is 0. The third kappa shape index (κ3) is 2.78. The second-order valence-corrected chi connectivity index (χ2v) is 8.92. The first-order chi connectivity index (χ1) is 14.2. The molecule has 2 bridgehead atoms. The number of fused-ring (bicyclic) bond motifs is 3. The van der Waals surface area contributed by atoms with Crippen LogP contribution in [0, 0.1) is 11.7 Å². The van der Waals surface area contributed by atoms with Gasteiger partial charge in [0.1, 0.15) is 11.4 Å². The van der Waals surface area contributed by atoms with Crippen LogP contribution in [0.15, 0.2) is 53.5 Å². The summed E-state index contributed by atoms with van der Waals surface area (Å²) in [6, 6.07) is 16.2. The van der Waals surface area contributed by atoms with Gasteiger partial charge in [0, 0.05) is 19.0 Å². The highest BCUT2D eigenvalue weighted by molar-refractivity contribution is 5.78. The van der Waals surface area contributed by atoms with Crippen molar-refractivity contribution in [2.75, 3.05) is 32.7 Å². The van der Waals surface area contributed by atoms with Gasteiger partial charge in [-0.2, -0.15) is 0 Å². The van der Waals surface area contributed by atoms with Crippen molar-refractivity contribution in [1.82, 2.24) is 9.80 Å². The van der Waals surface area contributed by atoms with Crippen molar-refractivity contribution in [1.29, 1.82) is 0 Å². The van der Waals surface area contributed by atoms with E-state index in [4.69, 9.17) is 9.73 Å². The van der Waals surface area contributed by atoms with Crippen molar-refractivity contribution in [3.63, 3.8) is 0 Å². The minimum absolute atomic E-state index is 0.0642. The van der Waals surface area contributed by atoms with E-state index in [2.05, 4.69) is 34.1 Å². The first-order valence-electron chi connectivity index (χ1n) is 10.8. The second kappa shape index (κ2) is 6.56. The molecule has 0 aliphatic carbocycles. The van der Waals surface area contributed by atoms with Gasteiger partial charge in [0.25, 0.3) is 6.02 Å². The molecule has 3 saturated heterocycles. The fourth-order valence-corrected chi connectivity index (χ4v) is 5.83. The van der Waals surface area contributed by atoms with Crippen LogP contribution in [-0.4, -0.2) is 54.1 Å². The summed E-state index contributed by atoms with van der Waals surface area (Å²) < 4.78 is 20.8. The molecule has 2 aromatic rings. The van der Waals surface area contributed by atoms with Gasteiger partial charge in [0.05, 0.1) is 12.6 Å². The van der Waals surface area contributed by atoms with Gasteiger partial charge in [0.2, 0.25) is 0 Å². The maximum atomic E-state index is 14.1. The molecule has 5 heterocycles. The zero-order valence-electron chi connectivity index (χ0n) is 16.6. The summed E-state index contributed by atoms with van der Waals surface area (Å²) in [5.74, 6) is 0.395. The molecule has 5 heteroatoms. The summed E-state index contributed by atoms with van der Waals surface area (Å²) in [4.78, 5) is 9.72. The van der Waals surface area contributed by atoms with Crippen molar-refractivity contribution >= 4 is 6.02 Å². The highest BCUT2D eigenvalue weighted by atomic mass is 19.1. The monoisotopic (exact) mass is 391 g/mol. The van der Waals surface area contributed by atoms with Crippen LogP contribution in [0.4, 0.5) is 4.39 Å². The van der Waals surface area contributed by atoms with Gasteiger partial charge in [-0.05, 0) is 61.2 Å². The Hall–Kier alpha value is -2.40. The molecule has 2 aromatic carbocycles. The number of hydrogen-bond acceptors (Lipinski definition) is 4. The maximum Gasteiger partial charge on any atom is 0.288 e. The number of piperidine rings is 3. The summed E-state index contributed by atoms with van der Waals surface area (Å²) in [6.45, 7) is 4.95. The Bertz CT molecular complexity index is 968. The topological polar surface area (TPSA) is 28.1 Å². The lowest BCUT2D eigenvalue weighted by atomic mass is 9.75. The lowest BCUT2D eigenvalue weighted by molar-refractivity contribution is -0.0895. The van der Waals surface area contributed by atoms with Crippen LogP contribution in [-0.2, 0) is 11.2 Å². The van der Waals surface area contributed by atoms with E-state index in [0.29, 0.717) is 5.92 Å². The van der Waals surface area contributed by atoms with Crippen molar-refractivity contribution < 1.29 is 9.13 Å². The number of amidine groups is 1. The van der Waals surface area contributed by atoms with Gasteiger partial charge < -0.3 is 9.64 Å². The fourth-order valence-electron chi connectivity index (χ4n) is 5.83. The molecule has 0 N–H and O–H groups in total. The summed E-state index contributed by atoms with van der Waals surface area (Å²) in [5, 5.41) is 0. The maximum absolute atomic E-state index is 14.1. The first-order valence-corrected chi connectivity index (χ1v) is 10.8. The standard InChI is InChI=1S/C24H26FN3O/c25-20-6-3-5-18(14-20)22-21-7-2-1-4-17(21)8-13-28(22)23-26-15-24(29-23)16-27-11-9-19(24)10-12-27/h1-7,14,19,22H,8-13,15-16H2/t22-,24+/m0/s1. The highest BCUT2D eigenvalue weighted by Gasteiger charge is 2.53. The largest absolute Gasteiger partial charge is 0.455 e. The number of aliphatic imine (C=N–C) groups is 1. The molecule has 0 radical (unpaired) electrons. The minimum Gasteiger partial charge on any atom is -0.455 e. The Morgan fingerprint density at radius 3 is 2.69 bits per heavy atom. The lowest BCUT2D eigenvalue weighted by Gasteiger charge is -2.50. The Morgan fingerprint density at radius 2 is 1.90 bits per heavy atom. The van der Waals surface area contributed by atoms with Crippen LogP contribution < -0.4 is 0 Å². The molecule has 1 spiro atoms. The van der Waals surface area contributed by atoms with E-state index in [1.54, 1.807) is 12.1 Å². The predicted molar refractivity (Wildman–Crippen MR) is 110 cm³/mol. The molecular formula is C24H26FN3O. The molecule has 5 aliphatic rings. The van der Waals surface area contributed by atoms with Gasteiger partial charge in [-0.15, -0.1) is 0 Å². The third-order valence-electron chi connectivity index (χ3n) is 7.29. The van der Waals surface area contributed by atoms with Crippen molar-refractivity contribution in [3.05, 3.63) is 71.0 Å². The average molecular weight is 391 g/mol. The lowest BCUT2D eigenvalue weighted by Crippen LogP contribution is -2.61. The average Bonchev–Trinajstić information content (AvgIpc) is 3.17. The SMILES string of the molecule is Fc1cccc([C@H]2c3ccccc3CCN2C2=NC[C@]3(CN4CCC3CC4)O2)c1. The molecule has 0 saturated carbocycles. The van der Waals surface area contributed by atoms with E-state index in [1.807, 2.05) is 6.07 Å². The number of ether oxygens (including phenoxy) is 1. The Balaban J connectivity index is 1.36. The number of halogens is 1. The van der Waals surface area contributed by atoms with Crippen molar-refractivity contribution in [2.45, 2.75) is 30.9 Å². The molecule has 150 valence electrons. The molecule has 0 aromatic heterocycles. The van der Waals surface area contributed by atoms with Crippen LogP contribution in [0.1, 0.15) is 35.6 Å². The summed E-state index contributed by atoms with van der Waals surface area (Å²) in [6.07, 6.45) is 3.37. The Kier molecular flexibility index (Phi) is 3.95. The number of nitrogens with zero attached hydrogens (tertiary/aromatic N) is 3. The summed E-state index contributed by atoms with van der Waals surface area (Å²) in [7, 11) is 0. The van der Waals surface area contributed by atoms with Gasteiger partial charge in [-0.1, -0.05) is 36.4 Å². The number of rotatable bonds is 1. The van der Waals surface area contributed by atoms with E-state index in [9.17, 15) is 4.39 Å². The summed E-state index contributed by atoms with van der Waals surface area (Å²) in [5.41, 5.74) is 3.35. The smallest absolute Gasteiger partial charge is 0.288 e. The van der Waals surface area contributed by atoms with Gasteiger partial charge in [-0.3, -0.25) is 4.90 Å². The van der Waals surface area contributed by atoms with Crippen molar-refractivity contribution in [2.24, 2.45) is 10.9 Å². The number of benzene rings is 2. The third-order valence-corrected chi connectivity index (χ3v) is 7.29. The molecule has 4 nitrogen and oxygen atoms in total. The van der Waals surface area contributed by atoms with Crippen LogP contribution in [0.3, 0.4) is 0 Å². The molecule has 7 rings (SSSR count). The van der Waals surface area contributed by atoms with Crippen LogP contribution in [0.2, 0.25) is 0 Å². The highest BCUT2D eigenvalue weighted by Crippen LogP contribution is 2.43. The molecule has 0 amide bonds. The zero-order chi connectivity index (χ0) is 19.4. The molecule has 3 fully saturated rings. The van der Waals surface area contributed by atoms with E-state index in [-0.39, 0.29) is 17.5 Å². The quantitative estimate of drug-likeness (QED) is 0.743. The molecule has 5 aliphatic heterocycles. The van der Waals surface area contributed by atoms with Crippen molar-refractivity contribution in [3.8, 4) is 0 Å². The second-order valence-electron chi connectivity index (χ2n) is 8.92. The molecule has 29 heavy (non-hydrogen) atoms. The van der Waals surface area contributed by atoms with Gasteiger partial charge in [-0.25, -0.2) is 9.38 Å². The predicted octanol–water partition coefficient (Wildman–Crippen LogP) is 3.62. The normalized spacial score (nSPS) is 32.8. The van der Waals surface area contributed by atoms with E-state index >= 15 is 0 Å². The van der Waals surface area contributed by atoms with Gasteiger partial charge in [0.15, 0.2) is 0 Å². The van der Waals surface area contributed by atoms with E-state index in [1.165, 1.54) is 43.1 Å². The molecule has 0 unspecified atom stereocenters.